The fraction of sp³-hybridized carbons (Fsp3) is 0.500. The van der Waals surface area contributed by atoms with Crippen LogP contribution in [0.15, 0.2) is 30.3 Å². The van der Waals surface area contributed by atoms with Gasteiger partial charge in [0.05, 0.1) is 11.8 Å². The topological polar surface area (TPSA) is 74.7 Å². The van der Waals surface area contributed by atoms with E-state index in [1.54, 1.807) is 0 Å². The van der Waals surface area contributed by atoms with Gasteiger partial charge < -0.3 is 5.11 Å². The van der Waals surface area contributed by atoms with Gasteiger partial charge in [0.15, 0.2) is 0 Å². The van der Waals surface area contributed by atoms with Gasteiger partial charge in [-0.25, -0.2) is 4.79 Å². The summed E-state index contributed by atoms with van der Waals surface area (Å²) in [6.45, 7) is 0. The predicted octanol–water partition coefficient (Wildman–Crippen LogP) is 2.46. The monoisotopic (exact) mass is 469 g/mol. The fourth-order valence-corrected chi connectivity index (χ4v) is 6.68. The number of carbonyl (C=O) groups excluding carboxylic acids is 2. The number of halogens is 2. The molecule has 1 saturated heterocycles. The van der Waals surface area contributed by atoms with Crippen molar-refractivity contribution in [2.45, 2.75) is 28.5 Å². The van der Waals surface area contributed by atoms with Gasteiger partial charge in [-0.05, 0) is 23.8 Å². The lowest BCUT2D eigenvalue weighted by atomic mass is 9.81. The number of fused-ring (bicyclic) bond motifs is 5. The Morgan fingerprint density at radius 2 is 1.60 bits per heavy atom. The Kier molecular flexibility index (Phi) is 4.27. The zero-order chi connectivity index (χ0) is 17.9. The van der Waals surface area contributed by atoms with E-state index >= 15 is 0 Å². The standard InChI is InChI=1S/C18H17Br2NO4/c19-14-9-7-10(15(14)20)13-12(9)16(22)21(17(13)23)11(18(24)25)6-8-4-2-1-3-5-8/h1-5,9-15H,6-7H2,(H,24,25)/t9-,10-,11+,12-,13+,14+,15+/m1/s1. The number of alkyl halides is 2. The van der Waals surface area contributed by atoms with E-state index in [1.165, 1.54) is 0 Å². The Bertz CT molecular complexity index is 708. The van der Waals surface area contributed by atoms with Crippen LogP contribution in [0.1, 0.15) is 12.0 Å². The molecule has 1 aromatic carbocycles. The van der Waals surface area contributed by atoms with Crippen molar-refractivity contribution in [2.24, 2.45) is 23.7 Å². The quantitative estimate of drug-likeness (QED) is 0.541. The minimum Gasteiger partial charge on any atom is -0.480 e. The van der Waals surface area contributed by atoms with E-state index in [0.29, 0.717) is 0 Å². The smallest absolute Gasteiger partial charge is 0.327 e. The highest BCUT2D eigenvalue weighted by atomic mass is 79.9. The molecule has 1 N–H and O–H groups in total. The van der Waals surface area contributed by atoms with Crippen molar-refractivity contribution in [3.63, 3.8) is 0 Å². The molecule has 132 valence electrons. The highest BCUT2D eigenvalue weighted by Crippen LogP contribution is 2.60. The largest absolute Gasteiger partial charge is 0.480 e. The van der Waals surface area contributed by atoms with Gasteiger partial charge in [-0.15, -0.1) is 0 Å². The molecule has 2 aliphatic carbocycles. The summed E-state index contributed by atoms with van der Waals surface area (Å²) in [6, 6.07) is 7.97. The Hall–Kier alpha value is -1.21. The zero-order valence-electron chi connectivity index (χ0n) is 13.2. The first-order chi connectivity index (χ1) is 11.9. The molecule has 7 atom stereocenters. The number of likely N-dealkylation sites (tertiary alicyclic amines) is 1. The van der Waals surface area contributed by atoms with E-state index in [9.17, 15) is 19.5 Å². The van der Waals surface area contributed by atoms with Crippen molar-refractivity contribution < 1.29 is 19.5 Å². The van der Waals surface area contributed by atoms with Gasteiger partial charge in [0.1, 0.15) is 6.04 Å². The molecule has 2 bridgehead atoms. The second-order valence-corrected chi connectivity index (χ2v) is 9.21. The molecule has 2 saturated carbocycles. The number of benzene rings is 1. The molecule has 1 aromatic rings. The van der Waals surface area contributed by atoms with Crippen LogP contribution < -0.4 is 0 Å². The van der Waals surface area contributed by atoms with Crippen molar-refractivity contribution in [2.75, 3.05) is 0 Å². The van der Waals surface area contributed by atoms with Crippen LogP contribution in [-0.4, -0.2) is 43.5 Å². The number of carboxylic acid groups (broad SMARTS) is 1. The number of carbonyl (C=O) groups is 3. The minimum atomic E-state index is -1.14. The molecule has 5 nitrogen and oxygen atoms in total. The maximum Gasteiger partial charge on any atom is 0.327 e. The van der Waals surface area contributed by atoms with Gasteiger partial charge >= 0.3 is 5.97 Å². The molecule has 0 unspecified atom stereocenters. The molecule has 0 aromatic heterocycles. The lowest BCUT2D eigenvalue weighted by molar-refractivity contribution is -0.155. The van der Waals surface area contributed by atoms with Crippen LogP contribution in [0.2, 0.25) is 0 Å². The van der Waals surface area contributed by atoms with Crippen LogP contribution in [-0.2, 0) is 20.8 Å². The van der Waals surface area contributed by atoms with Crippen molar-refractivity contribution in [3.05, 3.63) is 35.9 Å². The van der Waals surface area contributed by atoms with Gasteiger partial charge in [-0.3, -0.25) is 14.5 Å². The number of carboxylic acids is 1. The van der Waals surface area contributed by atoms with Crippen molar-refractivity contribution >= 4 is 49.6 Å². The molecular formula is C18H17Br2NO4. The second-order valence-electron chi connectivity index (χ2n) is 7.09. The lowest BCUT2D eigenvalue weighted by Gasteiger charge is -2.28. The Balaban J connectivity index is 1.65. The molecule has 1 heterocycles. The highest BCUT2D eigenvalue weighted by molar-refractivity contribution is 9.12. The number of hydrogen-bond donors (Lipinski definition) is 1. The molecule has 4 rings (SSSR count). The van der Waals surface area contributed by atoms with E-state index in [2.05, 4.69) is 31.9 Å². The molecular weight excluding hydrogens is 454 g/mol. The van der Waals surface area contributed by atoms with Crippen molar-refractivity contribution in [3.8, 4) is 0 Å². The molecule has 0 radical (unpaired) electrons. The maximum absolute atomic E-state index is 13.0. The number of hydrogen-bond acceptors (Lipinski definition) is 3. The van der Waals surface area contributed by atoms with Crippen LogP contribution in [0.25, 0.3) is 0 Å². The Morgan fingerprint density at radius 1 is 1.08 bits per heavy atom. The SMILES string of the molecule is O=C(O)[C@H](Cc1ccccc1)N1C(=O)[C@@H]2[C@H]3C[C@@H]([C@H](Br)[C@H]3Br)[C@@H]2C1=O. The van der Waals surface area contributed by atoms with Crippen LogP contribution in [0.3, 0.4) is 0 Å². The average Bonchev–Trinajstić information content (AvgIpc) is 3.19. The number of aliphatic carboxylic acids is 1. The number of imide groups is 1. The summed E-state index contributed by atoms with van der Waals surface area (Å²) in [4.78, 5) is 39.1. The minimum absolute atomic E-state index is 0.0898. The van der Waals surface area contributed by atoms with Gasteiger partial charge in [-0.1, -0.05) is 62.2 Å². The molecule has 7 heteroatoms. The summed E-state index contributed by atoms with van der Waals surface area (Å²) in [7, 11) is 0. The molecule has 3 aliphatic rings. The first-order valence-electron chi connectivity index (χ1n) is 8.33. The van der Waals surface area contributed by atoms with Crippen molar-refractivity contribution in [1.29, 1.82) is 0 Å². The lowest BCUT2D eigenvalue weighted by Crippen LogP contribution is -2.47. The first kappa shape index (κ1) is 17.2. The highest BCUT2D eigenvalue weighted by Gasteiger charge is 2.67. The zero-order valence-corrected chi connectivity index (χ0v) is 16.4. The molecule has 1 aliphatic heterocycles. The Morgan fingerprint density at radius 3 is 2.08 bits per heavy atom. The summed E-state index contributed by atoms with van der Waals surface area (Å²) in [5, 5.41) is 9.68. The molecule has 3 fully saturated rings. The van der Waals surface area contributed by atoms with Gasteiger partial charge in [0.2, 0.25) is 11.8 Å². The summed E-state index contributed by atoms with van der Waals surface area (Å²) >= 11 is 7.28. The van der Waals surface area contributed by atoms with Crippen molar-refractivity contribution in [1.82, 2.24) is 4.90 Å². The number of rotatable bonds is 4. The maximum atomic E-state index is 13.0. The third-order valence-corrected chi connectivity index (χ3v) is 9.10. The fourth-order valence-electron chi connectivity index (χ4n) is 4.81. The van der Waals surface area contributed by atoms with E-state index in [4.69, 9.17) is 0 Å². The number of amides is 2. The second kappa shape index (κ2) is 6.20. The third-order valence-electron chi connectivity index (χ3n) is 5.89. The van der Waals surface area contributed by atoms with Crippen LogP contribution in [0.5, 0.6) is 0 Å². The predicted molar refractivity (Wildman–Crippen MR) is 97.4 cm³/mol. The molecule has 25 heavy (non-hydrogen) atoms. The van der Waals surface area contributed by atoms with E-state index in [-0.39, 0.29) is 51.6 Å². The van der Waals surface area contributed by atoms with Gasteiger partial charge in [0, 0.05) is 16.1 Å². The average molecular weight is 471 g/mol. The summed E-state index contributed by atoms with van der Waals surface area (Å²) < 4.78 is 0. The van der Waals surface area contributed by atoms with E-state index in [1.807, 2.05) is 30.3 Å². The van der Waals surface area contributed by atoms with Gasteiger partial charge in [0.25, 0.3) is 0 Å². The van der Waals surface area contributed by atoms with E-state index < -0.39 is 12.0 Å². The summed E-state index contributed by atoms with van der Waals surface area (Å²) in [6.07, 6.45) is 0.973. The first-order valence-corrected chi connectivity index (χ1v) is 10.2. The molecule has 2 amide bonds. The van der Waals surface area contributed by atoms with Gasteiger partial charge in [-0.2, -0.15) is 0 Å². The number of nitrogens with zero attached hydrogens (tertiary/aromatic N) is 1. The summed E-state index contributed by atoms with van der Waals surface area (Å²) in [5.41, 5.74) is 0.798. The van der Waals surface area contributed by atoms with Crippen LogP contribution in [0, 0.1) is 23.7 Å². The third kappa shape index (κ3) is 2.50. The Labute approximate surface area is 162 Å². The van der Waals surface area contributed by atoms with E-state index in [0.717, 1.165) is 16.9 Å². The normalized spacial score (nSPS) is 37.4. The summed E-state index contributed by atoms with van der Waals surface area (Å²) in [5.74, 6) is -2.34. The molecule has 0 spiro atoms. The van der Waals surface area contributed by atoms with Crippen LogP contribution >= 0.6 is 31.9 Å². The van der Waals surface area contributed by atoms with Crippen LogP contribution in [0.4, 0.5) is 0 Å².